The Morgan fingerprint density at radius 1 is 1.07 bits per heavy atom. The first kappa shape index (κ1) is 21.1. The normalized spacial score (nSPS) is 11.8. The molecule has 1 aromatic heterocycles. The number of rotatable bonds is 7. The third kappa shape index (κ3) is 4.68. The lowest BCUT2D eigenvalue weighted by atomic mass is 10.0. The molecule has 0 fully saturated rings. The molecule has 0 bridgehead atoms. The van der Waals surface area contributed by atoms with Crippen LogP contribution < -0.4 is 14.3 Å². The Bertz CT molecular complexity index is 1100. The van der Waals surface area contributed by atoms with Crippen molar-refractivity contribution in [2.24, 2.45) is 4.99 Å². The maximum atomic E-state index is 12.7. The van der Waals surface area contributed by atoms with E-state index < -0.39 is 0 Å². The number of methoxy groups -OCH3 is 3. The van der Waals surface area contributed by atoms with Crippen molar-refractivity contribution in [3.05, 3.63) is 51.8 Å². The third-order valence-corrected chi connectivity index (χ3v) is 5.81. The molecule has 3 aromatic rings. The summed E-state index contributed by atoms with van der Waals surface area (Å²) in [6.07, 6.45) is 0.276. The van der Waals surface area contributed by atoms with Gasteiger partial charge >= 0.3 is 0 Å². The quantitative estimate of drug-likeness (QED) is 0.592. The minimum Gasteiger partial charge on any atom is -0.493 e. The number of nitrogens with zero attached hydrogens (tertiary/aromatic N) is 2. The Kier molecular flexibility index (Phi) is 6.71. The molecule has 0 N–H and O–H groups in total. The number of hydrogen-bond donors (Lipinski definition) is 0. The van der Waals surface area contributed by atoms with Crippen molar-refractivity contribution < 1.29 is 19.0 Å². The number of hydrogen-bond acceptors (Lipinski definition) is 5. The van der Waals surface area contributed by atoms with E-state index in [-0.39, 0.29) is 12.3 Å². The summed E-state index contributed by atoms with van der Waals surface area (Å²) in [6.45, 7) is 5.13. The maximum absolute atomic E-state index is 12.7. The number of thiazole rings is 1. The number of carbonyl (C=O) groups excluding carboxylic acids is 1. The van der Waals surface area contributed by atoms with Gasteiger partial charge in [-0.2, -0.15) is 4.99 Å². The van der Waals surface area contributed by atoms with E-state index in [4.69, 9.17) is 14.2 Å². The highest BCUT2D eigenvalue weighted by molar-refractivity contribution is 7.16. The Balaban J connectivity index is 2.06. The van der Waals surface area contributed by atoms with E-state index in [1.54, 1.807) is 21.3 Å². The highest BCUT2D eigenvalue weighted by Gasteiger charge is 2.14. The summed E-state index contributed by atoms with van der Waals surface area (Å²) in [6, 6.07) is 9.95. The second-order valence-electron chi connectivity index (χ2n) is 6.82. The molecule has 3 rings (SSSR count). The molecular weight excluding hydrogens is 388 g/mol. The number of fused-ring (bicyclic) bond motifs is 1. The fourth-order valence-corrected chi connectivity index (χ4v) is 4.26. The summed E-state index contributed by atoms with van der Waals surface area (Å²) < 4.78 is 19.1. The standard InChI is InChI=1S/C22H26N2O4S/c1-14-6-7-15(2)16(10-14)11-21(25)23-22-24(8-9-26-3)17-12-18(27-4)19(28-5)13-20(17)29-22/h6-7,10,12-13H,8-9,11H2,1-5H3. The van der Waals surface area contributed by atoms with Crippen LogP contribution in [0.3, 0.4) is 0 Å². The highest BCUT2D eigenvalue weighted by Crippen LogP contribution is 2.33. The molecule has 0 aliphatic heterocycles. The van der Waals surface area contributed by atoms with Gasteiger partial charge in [0, 0.05) is 25.8 Å². The van der Waals surface area contributed by atoms with Crippen LogP contribution in [-0.2, 0) is 22.5 Å². The summed E-state index contributed by atoms with van der Waals surface area (Å²) >= 11 is 1.45. The van der Waals surface area contributed by atoms with Crippen LogP contribution in [0.2, 0.25) is 0 Å². The van der Waals surface area contributed by atoms with Crippen LogP contribution in [0.15, 0.2) is 35.3 Å². The van der Waals surface area contributed by atoms with Gasteiger partial charge < -0.3 is 18.8 Å². The molecule has 0 saturated carbocycles. The summed E-state index contributed by atoms with van der Waals surface area (Å²) in [5.41, 5.74) is 4.17. The van der Waals surface area contributed by atoms with E-state index in [0.717, 1.165) is 26.9 Å². The van der Waals surface area contributed by atoms with Gasteiger partial charge in [-0.1, -0.05) is 35.1 Å². The molecule has 29 heavy (non-hydrogen) atoms. The van der Waals surface area contributed by atoms with Gasteiger partial charge in [0.25, 0.3) is 5.91 Å². The number of aryl methyl sites for hydroxylation is 2. The van der Waals surface area contributed by atoms with Crippen molar-refractivity contribution in [1.29, 1.82) is 0 Å². The van der Waals surface area contributed by atoms with E-state index in [2.05, 4.69) is 4.99 Å². The van der Waals surface area contributed by atoms with Gasteiger partial charge in [-0.15, -0.1) is 0 Å². The SMILES string of the molecule is COCCn1c(=NC(=O)Cc2cc(C)ccc2C)sc2cc(OC)c(OC)cc21. The molecule has 1 amide bonds. The molecule has 154 valence electrons. The molecule has 0 aliphatic rings. The molecule has 1 heterocycles. The zero-order valence-corrected chi connectivity index (χ0v) is 18.3. The molecule has 0 saturated heterocycles. The first-order valence-electron chi connectivity index (χ1n) is 9.34. The summed E-state index contributed by atoms with van der Waals surface area (Å²) in [5.74, 6) is 1.11. The van der Waals surface area contributed by atoms with E-state index in [0.29, 0.717) is 29.5 Å². The fraction of sp³-hybridized carbons (Fsp3) is 0.364. The number of aromatic nitrogens is 1. The maximum Gasteiger partial charge on any atom is 0.252 e. The molecule has 0 radical (unpaired) electrons. The van der Waals surface area contributed by atoms with Crippen LogP contribution >= 0.6 is 11.3 Å². The van der Waals surface area contributed by atoms with Crippen molar-refractivity contribution in [2.45, 2.75) is 26.8 Å². The van der Waals surface area contributed by atoms with E-state index in [1.807, 2.05) is 48.7 Å². The predicted octanol–water partition coefficient (Wildman–Crippen LogP) is 3.65. The monoisotopic (exact) mass is 414 g/mol. The van der Waals surface area contributed by atoms with Gasteiger partial charge in [0.2, 0.25) is 0 Å². The summed E-state index contributed by atoms with van der Waals surface area (Å²) in [4.78, 5) is 17.8. The smallest absolute Gasteiger partial charge is 0.252 e. The lowest BCUT2D eigenvalue weighted by Crippen LogP contribution is -2.20. The van der Waals surface area contributed by atoms with Crippen molar-refractivity contribution in [3.8, 4) is 11.5 Å². The van der Waals surface area contributed by atoms with Gasteiger partial charge in [0.15, 0.2) is 16.3 Å². The van der Waals surface area contributed by atoms with Crippen molar-refractivity contribution in [3.63, 3.8) is 0 Å². The molecule has 0 spiro atoms. The van der Waals surface area contributed by atoms with Crippen molar-refractivity contribution >= 4 is 27.5 Å². The molecular formula is C22H26N2O4S. The molecule has 2 aromatic carbocycles. The van der Waals surface area contributed by atoms with Gasteiger partial charge in [0.1, 0.15) is 0 Å². The summed E-state index contributed by atoms with van der Waals surface area (Å²) in [5, 5.41) is 0. The van der Waals surface area contributed by atoms with Gasteiger partial charge in [-0.05, 0) is 25.0 Å². The van der Waals surface area contributed by atoms with Crippen LogP contribution in [0, 0.1) is 13.8 Å². The Hall–Kier alpha value is -2.64. The third-order valence-electron chi connectivity index (χ3n) is 4.77. The molecule has 7 heteroatoms. The van der Waals surface area contributed by atoms with E-state index in [9.17, 15) is 4.79 Å². The van der Waals surface area contributed by atoms with Gasteiger partial charge in [0.05, 0.1) is 37.5 Å². The highest BCUT2D eigenvalue weighted by atomic mass is 32.1. The first-order chi connectivity index (χ1) is 14.0. The zero-order chi connectivity index (χ0) is 21.0. The Labute approximate surface area is 174 Å². The molecule has 0 unspecified atom stereocenters. The number of ether oxygens (including phenoxy) is 3. The lowest BCUT2D eigenvalue weighted by molar-refractivity contribution is -0.117. The fourth-order valence-electron chi connectivity index (χ4n) is 3.18. The number of carbonyl (C=O) groups is 1. The van der Waals surface area contributed by atoms with Crippen molar-refractivity contribution in [2.75, 3.05) is 27.9 Å². The number of amides is 1. The molecule has 0 atom stereocenters. The van der Waals surface area contributed by atoms with Crippen LogP contribution in [0.5, 0.6) is 11.5 Å². The largest absolute Gasteiger partial charge is 0.493 e. The minimum absolute atomic E-state index is 0.171. The second-order valence-corrected chi connectivity index (χ2v) is 7.83. The van der Waals surface area contributed by atoms with Crippen LogP contribution in [-0.4, -0.2) is 38.4 Å². The topological polar surface area (TPSA) is 62.1 Å². The first-order valence-corrected chi connectivity index (χ1v) is 10.2. The van der Waals surface area contributed by atoms with Crippen LogP contribution in [0.1, 0.15) is 16.7 Å². The van der Waals surface area contributed by atoms with E-state index >= 15 is 0 Å². The molecule has 0 aliphatic carbocycles. The van der Waals surface area contributed by atoms with Crippen LogP contribution in [0.25, 0.3) is 10.2 Å². The second kappa shape index (κ2) is 9.24. The Morgan fingerprint density at radius 3 is 2.48 bits per heavy atom. The zero-order valence-electron chi connectivity index (χ0n) is 17.4. The predicted molar refractivity (Wildman–Crippen MR) is 115 cm³/mol. The minimum atomic E-state index is -0.171. The lowest BCUT2D eigenvalue weighted by Gasteiger charge is -2.09. The molecule has 6 nitrogen and oxygen atoms in total. The number of benzene rings is 2. The van der Waals surface area contributed by atoms with Gasteiger partial charge in [-0.3, -0.25) is 4.79 Å². The Morgan fingerprint density at radius 2 is 1.79 bits per heavy atom. The average molecular weight is 415 g/mol. The average Bonchev–Trinajstić information content (AvgIpc) is 3.03. The van der Waals surface area contributed by atoms with Gasteiger partial charge in [-0.25, -0.2) is 0 Å². The van der Waals surface area contributed by atoms with Crippen molar-refractivity contribution in [1.82, 2.24) is 4.57 Å². The van der Waals surface area contributed by atoms with E-state index in [1.165, 1.54) is 11.3 Å². The summed E-state index contributed by atoms with van der Waals surface area (Å²) in [7, 11) is 4.87. The van der Waals surface area contributed by atoms with Crippen LogP contribution in [0.4, 0.5) is 0 Å².